The topological polar surface area (TPSA) is 3.24 Å². The van der Waals surface area contributed by atoms with E-state index in [1.54, 1.807) is 0 Å². The summed E-state index contributed by atoms with van der Waals surface area (Å²) in [5.41, 5.74) is 2.14. The fourth-order valence-corrected chi connectivity index (χ4v) is 9.13. The van der Waals surface area contributed by atoms with Gasteiger partial charge in [-0.1, -0.05) is 0 Å². The first-order valence-corrected chi connectivity index (χ1v) is 10.6. The predicted molar refractivity (Wildman–Crippen MR) is 103 cm³/mol. The van der Waals surface area contributed by atoms with Crippen LogP contribution in [-0.4, -0.2) is 6.54 Å². The Morgan fingerprint density at radius 2 is 1.29 bits per heavy atom. The van der Waals surface area contributed by atoms with Gasteiger partial charge in [0.15, 0.2) is 0 Å². The van der Waals surface area contributed by atoms with E-state index in [-0.39, 0.29) is 0 Å². The number of hydrogen-bond acceptors (Lipinski definition) is 1. The van der Waals surface area contributed by atoms with Gasteiger partial charge in [0.25, 0.3) is 0 Å². The van der Waals surface area contributed by atoms with E-state index in [1.807, 2.05) is 77.5 Å². The Labute approximate surface area is 142 Å². The number of nitrogens with zero attached hydrogens (tertiary/aromatic N) is 1. The van der Waals surface area contributed by atoms with Crippen LogP contribution in [0.2, 0.25) is 0 Å². The van der Waals surface area contributed by atoms with Crippen LogP contribution in [0.15, 0.2) is 84.9 Å². The Kier molecular flexibility index (Phi) is 3.47. The number of rotatable bonds is 3. The van der Waals surface area contributed by atoms with Gasteiger partial charge in [0.2, 0.25) is 0 Å². The molecular weight excluding hydrogens is 316 g/mol. The quantitative estimate of drug-likeness (QED) is 0.606. The van der Waals surface area contributed by atoms with Crippen LogP contribution in [0.5, 0.6) is 0 Å². The molecule has 0 radical (unpaired) electrons. The SMILES string of the molecule is CCN1c2ccccc2CP1(F)(c1ccccc1)c1ccccc1. The van der Waals surface area contributed by atoms with Crippen molar-refractivity contribution >= 4 is 23.4 Å². The molecule has 0 atom stereocenters. The third-order valence-electron chi connectivity index (χ3n) is 5.09. The second-order valence-corrected chi connectivity index (χ2v) is 10.4. The first-order valence-electron chi connectivity index (χ1n) is 8.38. The van der Waals surface area contributed by atoms with Gasteiger partial charge in [-0.2, -0.15) is 0 Å². The molecule has 24 heavy (non-hydrogen) atoms. The van der Waals surface area contributed by atoms with Crippen molar-refractivity contribution in [1.82, 2.24) is 0 Å². The minimum absolute atomic E-state index is 0.448. The first kappa shape index (κ1) is 15.4. The standard InChI is InChI=1S/C21H21FNP/c1-2-23-21-16-10-9-11-18(21)17-24(23,22,19-12-5-3-6-13-19)20-14-7-4-8-15-20/h3-16H,2,17H2,1H3. The molecule has 122 valence electrons. The Bertz CT molecular complexity index is 824. The van der Waals surface area contributed by atoms with E-state index in [2.05, 4.69) is 19.1 Å². The molecular formula is C21H21FNP. The number of anilines is 1. The van der Waals surface area contributed by atoms with Crippen molar-refractivity contribution in [2.75, 3.05) is 11.2 Å². The van der Waals surface area contributed by atoms with Crippen LogP contribution in [0.3, 0.4) is 0 Å². The molecule has 3 heteroatoms. The Hall–Kier alpha value is -2.18. The minimum atomic E-state index is -3.99. The summed E-state index contributed by atoms with van der Waals surface area (Å²) in [6, 6.07) is 27.7. The van der Waals surface area contributed by atoms with Gasteiger partial charge in [0.1, 0.15) is 0 Å². The molecule has 3 aromatic carbocycles. The molecule has 0 saturated heterocycles. The molecule has 0 amide bonds. The molecule has 1 heterocycles. The summed E-state index contributed by atoms with van der Waals surface area (Å²) in [4.78, 5) is 0. The van der Waals surface area contributed by atoms with Crippen molar-refractivity contribution in [3.63, 3.8) is 0 Å². The molecule has 1 aliphatic rings. The van der Waals surface area contributed by atoms with Crippen LogP contribution >= 0.6 is 7.06 Å². The maximum atomic E-state index is 17.7. The van der Waals surface area contributed by atoms with Crippen molar-refractivity contribution in [3.8, 4) is 0 Å². The number of hydrogen-bond donors (Lipinski definition) is 0. The van der Waals surface area contributed by atoms with Gasteiger partial charge in [-0.05, 0) is 0 Å². The number of fused-ring (bicyclic) bond motifs is 1. The van der Waals surface area contributed by atoms with Gasteiger partial charge < -0.3 is 0 Å². The molecule has 1 nitrogen and oxygen atoms in total. The van der Waals surface area contributed by atoms with Crippen LogP contribution in [0.1, 0.15) is 12.5 Å². The molecule has 1 aliphatic heterocycles. The van der Waals surface area contributed by atoms with Gasteiger partial charge in [-0.25, -0.2) is 0 Å². The molecule has 3 aromatic rings. The summed E-state index contributed by atoms with van der Waals surface area (Å²) in [6.45, 7) is 2.70. The maximum absolute atomic E-state index is 17.7. The molecule has 4 rings (SSSR count). The zero-order chi connectivity index (χ0) is 16.6. The van der Waals surface area contributed by atoms with Crippen molar-refractivity contribution in [2.45, 2.75) is 13.1 Å². The normalized spacial score (nSPS) is 19.2. The second kappa shape index (κ2) is 5.43. The van der Waals surface area contributed by atoms with Crippen molar-refractivity contribution in [2.24, 2.45) is 0 Å². The van der Waals surface area contributed by atoms with Crippen LogP contribution in [0, 0.1) is 0 Å². The van der Waals surface area contributed by atoms with E-state index < -0.39 is 7.06 Å². The zero-order valence-electron chi connectivity index (χ0n) is 13.8. The first-order chi connectivity index (χ1) is 11.7. The number of halogens is 1. The average Bonchev–Trinajstić information content (AvgIpc) is 2.93. The van der Waals surface area contributed by atoms with Crippen molar-refractivity contribution < 1.29 is 4.20 Å². The molecule has 0 unspecified atom stereocenters. The molecule has 0 aromatic heterocycles. The van der Waals surface area contributed by atoms with Gasteiger partial charge in [-0.15, -0.1) is 0 Å². The Morgan fingerprint density at radius 1 is 0.792 bits per heavy atom. The van der Waals surface area contributed by atoms with Gasteiger partial charge in [0, 0.05) is 0 Å². The van der Waals surface area contributed by atoms with E-state index in [9.17, 15) is 0 Å². The molecule has 0 saturated carbocycles. The van der Waals surface area contributed by atoms with Crippen molar-refractivity contribution in [1.29, 1.82) is 0 Å². The fourth-order valence-electron chi connectivity index (χ4n) is 4.05. The number of para-hydroxylation sites is 1. The second-order valence-electron chi connectivity index (χ2n) is 6.31. The Morgan fingerprint density at radius 3 is 1.83 bits per heavy atom. The summed E-state index contributed by atoms with van der Waals surface area (Å²) >= 11 is 0. The monoisotopic (exact) mass is 337 g/mol. The number of benzene rings is 3. The van der Waals surface area contributed by atoms with Gasteiger partial charge in [0.05, 0.1) is 0 Å². The summed E-state index contributed by atoms with van der Waals surface area (Å²) in [7, 11) is -3.99. The third kappa shape index (κ3) is 1.90. The molecule has 0 spiro atoms. The molecule has 0 N–H and O–H groups in total. The molecule has 0 bridgehead atoms. The molecule has 0 aliphatic carbocycles. The van der Waals surface area contributed by atoms with Crippen LogP contribution in [-0.2, 0) is 6.16 Å². The average molecular weight is 337 g/mol. The van der Waals surface area contributed by atoms with E-state index >= 15 is 4.20 Å². The predicted octanol–water partition coefficient (Wildman–Crippen LogP) is 5.03. The van der Waals surface area contributed by atoms with E-state index in [0.29, 0.717) is 12.7 Å². The third-order valence-corrected chi connectivity index (χ3v) is 10.2. The van der Waals surface area contributed by atoms with E-state index in [4.69, 9.17) is 0 Å². The van der Waals surface area contributed by atoms with E-state index in [0.717, 1.165) is 21.9 Å². The summed E-state index contributed by atoms with van der Waals surface area (Å²) in [5.74, 6) is 0. The summed E-state index contributed by atoms with van der Waals surface area (Å²) in [6.07, 6.45) is 0.448. The van der Waals surface area contributed by atoms with Crippen LogP contribution in [0.25, 0.3) is 0 Å². The summed E-state index contributed by atoms with van der Waals surface area (Å²) in [5, 5.41) is 1.63. The van der Waals surface area contributed by atoms with Crippen molar-refractivity contribution in [3.05, 3.63) is 90.5 Å². The van der Waals surface area contributed by atoms with Gasteiger partial charge in [-0.3, -0.25) is 0 Å². The molecule has 0 fully saturated rings. The zero-order valence-corrected chi connectivity index (χ0v) is 14.7. The fraction of sp³-hybridized carbons (Fsp3) is 0.143. The van der Waals surface area contributed by atoms with Gasteiger partial charge >= 0.3 is 142 Å². The summed E-state index contributed by atoms with van der Waals surface area (Å²) < 4.78 is 19.7. The van der Waals surface area contributed by atoms with Crippen LogP contribution < -0.4 is 15.3 Å². The Balaban J connectivity index is 2.08. The van der Waals surface area contributed by atoms with Crippen LogP contribution in [0.4, 0.5) is 9.88 Å². The van der Waals surface area contributed by atoms with E-state index in [1.165, 1.54) is 0 Å².